The average Bonchev–Trinajstić information content (AvgIpc) is 2.48. The van der Waals surface area contributed by atoms with Crippen molar-refractivity contribution in [2.45, 2.75) is 18.0 Å². The minimum absolute atomic E-state index is 0.104. The molecule has 0 aliphatic rings. The minimum atomic E-state index is -3.64. The van der Waals surface area contributed by atoms with E-state index in [2.05, 4.69) is 4.98 Å². The molecule has 0 unspecified atom stereocenters. The molecule has 0 saturated heterocycles. The molecule has 1 heterocycles. The summed E-state index contributed by atoms with van der Waals surface area (Å²) in [6.07, 6.45) is 3.23. The molecule has 7 heteroatoms. The lowest BCUT2D eigenvalue weighted by Crippen LogP contribution is -2.26. The first-order chi connectivity index (χ1) is 9.95. The highest BCUT2D eigenvalue weighted by molar-refractivity contribution is 7.89. The molecule has 1 aromatic carbocycles. The maximum atomic E-state index is 12.5. The molecule has 0 aliphatic carbocycles. The predicted octanol–water partition coefficient (Wildman–Crippen LogP) is 2.05. The third-order valence-electron chi connectivity index (χ3n) is 3.05. The van der Waals surface area contributed by atoms with E-state index in [1.807, 2.05) is 0 Å². The van der Waals surface area contributed by atoms with Crippen molar-refractivity contribution in [2.75, 3.05) is 7.05 Å². The van der Waals surface area contributed by atoms with Crippen LogP contribution < -0.4 is 0 Å². The third kappa shape index (κ3) is 3.59. The lowest BCUT2D eigenvalue weighted by atomic mass is 10.2. The quantitative estimate of drug-likeness (QED) is 0.913. The summed E-state index contributed by atoms with van der Waals surface area (Å²) in [4.78, 5) is 4.00. The van der Waals surface area contributed by atoms with E-state index in [0.717, 1.165) is 5.56 Å². The Labute approximate surface area is 128 Å². The fourth-order valence-corrected chi connectivity index (χ4v) is 3.23. The molecular weight excluding hydrogens is 312 g/mol. The summed E-state index contributed by atoms with van der Waals surface area (Å²) in [6, 6.07) is 7.81. The smallest absolute Gasteiger partial charge is 0.243 e. The maximum Gasteiger partial charge on any atom is 0.243 e. The van der Waals surface area contributed by atoms with Crippen LogP contribution in [-0.2, 0) is 23.2 Å². The molecule has 1 N–H and O–H groups in total. The summed E-state index contributed by atoms with van der Waals surface area (Å²) >= 11 is 5.88. The van der Waals surface area contributed by atoms with Gasteiger partial charge in [-0.3, -0.25) is 4.98 Å². The zero-order valence-corrected chi connectivity index (χ0v) is 13.0. The number of nitrogens with zero attached hydrogens (tertiary/aromatic N) is 2. The van der Waals surface area contributed by atoms with E-state index in [0.29, 0.717) is 10.6 Å². The topological polar surface area (TPSA) is 70.5 Å². The number of benzene rings is 1. The van der Waals surface area contributed by atoms with Crippen LogP contribution in [0.1, 0.15) is 11.1 Å². The molecule has 0 spiro atoms. The highest BCUT2D eigenvalue weighted by Gasteiger charge is 2.21. The van der Waals surface area contributed by atoms with Crippen molar-refractivity contribution < 1.29 is 13.5 Å². The Morgan fingerprint density at radius 2 is 1.90 bits per heavy atom. The number of aliphatic hydroxyl groups is 1. The molecule has 2 rings (SSSR count). The van der Waals surface area contributed by atoms with E-state index in [1.54, 1.807) is 24.5 Å². The Kier molecular flexibility index (Phi) is 4.95. The molecule has 0 aliphatic heterocycles. The monoisotopic (exact) mass is 326 g/mol. The first kappa shape index (κ1) is 15.9. The van der Waals surface area contributed by atoms with Gasteiger partial charge in [0, 0.05) is 31.0 Å². The number of sulfonamides is 1. The van der Waals surface area contributed by atoms with Crippen molar-refractivity contribution in [1.29, 1.82) is 0 Å². The van der Waals surface area contributed by atoms with Gasteiger partial charge >= 0.3 is 0 Å². The van der Waals surface area contributed by atoms with E-state index in [9.17, 15) is 13.5 Å². The Bertz CT molecular complexity index is 720. The largest absolute Gasteiger partial charge is 0.392 e. The van der Waals surface area contributed by atoms with E-state index >= 15 is 0 Å². The summed E-state index contributed by atoms with van der Waals surface area (Å²) in [7, 11) is -2.14. The summed E-state index contributed by atoms with van der Waals surface area (Å²) in [6.45, 7) is -0.0712. The first-order valence-electron chi connectivity index (χ1n) is 6.19. The maximum absolute atomic E-state index is 12.5. The summed E-state index contributed by atoms with van der Waals surface area (Å²) in [5.41, 5.74) is 1.22. The minimum Gasteiger partial charge on any atom is -0.392 e. The molecule has 0 bridgehead atoms. The number of pyridine rings is 1. The van der Waals surface area contributed by atoms with Crippen molar-refractivity contribution in [3.63, 3.8) is 0 Å². The third-order valence-corrected chi connectivity index (χ3v) is 5.22. The molecule has 5 nitrogen and oxygen atoms in total. The molecule has 0 fully saturated rings. The van der Waals surface area contributed by atoms with Crippen LogP contribution in [0.2, 0.25) is 5.02 Å². The van der Waals surface area contributed by atoms with Gasteiger partial charge in [-0.15, -0.1) is 0 Å². The Hall–Kier alpha value is -1.47. The van der Waals surface area contributed by atoms with Gasteiger partial charge in [-0.25, -0.2) is 8.42 Å². The summed E-state index contributed by atoms with van der Waals surface area (Å²) < 4.78 is 26.2. The molecule has 1 aromatic heterocycles. The van der Waals surface area contributed by atoms with Crippen molar-refractivity contribution >= 4 is 21.6 Å². The standard InChI is InChI=1S/C14H15ClN2O3S/c1-17(9-11-4-6-16-7-5-11)21(19,20)13-2-3-14(15)12(8-13)10-18/h2-8,18H,9-10H2,1H3. The number of hydrogen-bond donors (Lipinski definition) is 1. The number of rotatable bonds is 5. The van der Waals surface area contributed by atoms with Crippen molar-refractivity contribution in [3.05, 3.63) is 58.9 Å². The van der Waals surface area contributed by atoms with Crippen LogP contribution in [0.25, 0.3) is 0 Å². The van der Waals surface area contributed by atoms with Crippen LogP contribution in [0.5, 0.6) is 0 Å². The number of aromatic nitrogens is 1. The fourth-order valence-electron chi connectivity index (χ4n) is 1.84. The highest BCUT2D eigenvalue weighted by atomic mass is 35.5. The van der Waals surface area contributed by atoms with E-state index in [4.69, 9.17) is 11.6 Å². The average molecular weight is 327 g/mol. The van der Waals surface area contributed by atoms with Gasteiger partial charge in [0.25, 0.3) is 0 Å². The van der Waals surface area contributed by atoms with Gasteiger partial charge in [-0.1, -0.05) is 11.6 Å². The van der Waals surface area contributed by atoms with Crippen molar-refractivity contribution in [3.8, 4) is 0 Å². The second kappa shape index (κ2) is 6.53. The van der Waals surface area contributed by atoms with Crippen LogP contribution in [0, 0.1) is 0 Å². The lowest BCUT2D eigenvalue weighted by molar-refractivity contribution is 0.281. The van der Waals surface area contributed by atoms with Gasteiger partial charge in [-0.2, -0.15) is 4.31 Å². The van der Waals surface area contributed by atoms with Crippen LogP contribution in [0.15, 0.2) is 47.6 Å². The van der Waals surface area contributed by atoms with Gasteiger partial charge in [0.15, 0.2) is 0 Å². The number of halogens is 1. The Balaban J connectivity index is 2.29. The molecule has 112 valence electrons. The zero-order valence-electron chi connectivity index (χ0n) is 11.4. The lowest BCUT2D eigenvalue weighted by Gasteiger charge is -2.18. The Morgan fingerprint density at radius 3 is 2.52 bits per heavy atom. The molecule has 0 amide bonds. The van der Waals surface area contributed by atoms with Crippen LogP contribution in [0.4, 0.5) is 0 Å². The molecule has 0 radical (unpaired) electrons. The summed E-state index contributed by atoms with van der Waals surface area (Å²) in [5.74, 6) is 0. The van der Waals surface area contributed by atoms with Gasteiger partial charge in [0.1, 0.15) is 0 Å². The number of aliphatic hydroxyl groups excluding tert-OH is 1. The fraction of sp³-hybridized carbons (Fsp3) is 0.214. The predicted molar refractivity (Wildman–Crippen MR) is 80.3 cm³/mol. The molecule has 0 atom stereocenters. The number of hydrogen-bond acceptors (Lipinski definition) is 4. The van der Waals surface area contributed by atoms with Gasteiger partial charge in [-0.05, 0) is 41.5 Å². The second-order valence-electron chi connectivity index (χ2n) is 4.53. The van der Waals surface area contributed by atoms with Crippen LogP contribution in [-0.4, -0.2) is 29.9 Å². The zero-order chi connectivity index (χ0) is 15.5. The Morgan fingerprint density at radius 1 is 1.24 bits per heavy atom. The molecular formula is C14H15ClN2O3S. The molecule has 2 aromatic rings. The SMILES string of the molecule is CN(Cc1ccncc1)S(=O)(=O)c1ccc(Cl)c(CO)c1. The normalized spacial score (nSPS) is 11.8. The molecule has 0 saturated carbocycles. The van der Waals surface area contributed by atoms with E-state index in [-0.39, 0.29) is 18.0 Å². The van der Waals surface area contributed by atoms with Gasteiger partial charge in [0.2, 0.25) is 10.0 Å². The van der Waals surface area contributed by atoms with Gasteiger partial charge < -0.3 is 5.11 Å². The first-order valence-corrected chi connectivity index (χ1v) is 8.01. The van der Waals surface area contributed by atoms with Crippen molar-refractivity contribution in [2.24, 2.45) is 0 Å². The van der Waals surface area contributed by atoms with Gasteiger partial charge in [0.05, 0.1) is 11.5 Å². The van der Waals surface area contributed by atoms with Crippen LogP contribution >= 0.6 is 11.6 Å². The highest BCUT2D eigenvalue weighted by Crippen LogP contribution is 2.23. The molecule has 21 heavy (non-hydrogen) atoms. The van der Waals surface area contributed by atoms with E-state index < -0.39 is 10.0 Å². The van der Waals surface area contributed by atoms with E-state index in [1.165, 1.54) is 29.6 Å². The van der Waals surface area contributed by atoms with Crippen LogP contribution in [0.3, 0.4) is 0 Å². The van der Waals surface area contributed by atoms with Crippen molar-refractivity contribution in [1.82, 2.24) is 9.29 Å². The second-order valence-corrected chi connectivity index (χ2v) is 6.98. The summed E-state index contributed by atoms with van der Waals surface area (Å²) in [5, 5.41) is 9.52.